The zero-order valence-electron chi connectivity index (χ0n) is 20.6. The standard InChI is InChI=1S/C28H36N2O3/c1-6-29-23-15-25-21(13-17(23)4)27(19-11-9-10-12-20(19)28(31)32-8-3)22-14-18(5)24(30-7-2)16-26(22)33-25/h13-16,19-20,29H,6-12H2,1-5H3/p+1. The molecule has 0 amide bonds. The zero-order chi connectivity index (χ0) is 23.5. The molecule has 5 heteroatoms. The molecule has 4 rings (SSSR count). The maximum absolute atomic E-state index is 13.0. The Morgan fingerprint density at radius 3 is 2.61 bits per heavy atom. The smallest absolute Gasteiger partial charge is 0.309 e. The van der Waals surface area contributed by atoms with Crippen molar-refractivity contribution in [1.82, 2.24) is 0 Å². The maximum Gasteiger partial charge on any atom is 0.309 e. The molecule has 2 N–H and O–H groups in total. The van der Waals surface area contributed by atoms with Gasteiger partial charge in [0.1, 0.15) is 17.9 Å². The molecule has 0 radical (unpaired) electrons. The lowest BCUT2D eigenvalue weighted by molar-refractivity contribution is -0.496. The van der Waals surface area contributed by atoms with Gasteiger partial charge in [0, 0.05) is 34.8 Å². The summed E-state index contributed by atoms with van der Waals surface area (Å²) in [7, 11) is 0. The molecule has 3 aliphatic rings. The summed E-state index contributed by atoms with van der Waals surface area (Å²) >= 11 is 0. The zero-order valence-corrected chi connectivity index (χ0v) is 20.6. The summed E-state index contributed by atoms with van der Waals surface area (Å²) in [4.78, 5) is 16.5. The Kier molecular flexibility index (Phi) is 7.06. The molecular weight excluding hydrogens is 412 g/mol. The number of rotatable bonds is 6. The third-order valence-electron chi connectivity index (χ3n) is 6.91. The van der Waals surface area contributed by atoms with Gasteiger partial charge in [0.15, 0.2) is 0 Å². The normalized spacial score (nSPS) is 19.2. The molecule has 1 aromatic rings. The Balaban J connectivity index is 2.04. The van der Waals surface area contributed by atoms with E-state index in [1.165, 1.54) is 16.7 Å². The number of fused-ring (bicyclic) bond motifs is 2. The molecule has 1 heterocycles. The first kappa shape index (κ1) is 23.3. The van der Waals surface area contributed by atoms with Crippen LogP contribution in [-0.4, -0.2) is 25.7 Å². The number of benzene rings is 2. The molecule has 1 aliphatic heterocycles. The van der Waals surface area contributed by atoms with Gasteiger partial charge in [0.05, 0.1) is 18.6 Å². The summed E-state index contributed by atoms with van der Waals surface area (Å²) in [6.45, 7) is 12.5. The molecule has 33 heavy (non-hydrogen) atoms. The van der Waals surface area contributed by atoms with E-state index in [0.717, 1.165) is 72.1 Å². The van der Waals surface area contributed by atoms with Gasteiger partial charge in [-0.25, -0.2) is 4.99 Å². The van der Waals surface area contributed by atoms with Gasteiger partial charge in [-0.05, 0) is 76.6 Å². The molecule has 1 saturated carbocycles. The van der Waals surface area contributed by atoms with Crippen molar-refractivity contribution in [3.8, 4) is 11.3 Å². The predicted octanol–water partition coefficient (Wildman–Crippen LogP) is 4.42. The average molecular weight is 450 g/mol. The van der Waals surface area contributed by atoms with Crippen molar-refractivity contribution < 1.29 is 18.9 Å². The van der Waals surface area contributed by atoms with Crippen molar-refractivity contribution in [1.29, 1.82) is 0 Å². The number of hydrogen-bond acceptors (Lipinski definition) is 4. The van der Waals surface area contributed by atoms with E-state index in [9.17, 15) is 4.79 Å². The number of hydrogen-bond donors (Lipinski definition) is 2. The van der Waals surface area contributed by atoms with Crippen molar-refractivity contribution >= 4 is 22.6 Å². The Morgan fingerprint density at radius 1 is 1.09 bits per heavy atom. The minimum atomic E-state index is -0.116. The third-order valence-corrected chi connectivity index (χ3v) is 6.91. The lowest BCUT2D eigenvalue weighted by Gasteiger charge is -2.32. The van der Waals surface area contributed by atoms with Gasteiger partial charge in [-0.2, -0.15) is 0 Å². The summed E-state index contributed by atoms with van der Waals surface area (Å²) in [5.74, 6) is 0.799. The van der Waals surface area contributed by atoms with Gasteiger partial charge in [0.25, 0.3) is 0 Å². The lowest BCUT2D eigenvalue weighted by Crippen LogP contribution is -2.76. The number of carbonyl (C=O) groups is 1. The van der Waals surface area contributed by atoms with Crippen LogP contribution in [0.4, 0.5) is 5.69 Å². The number of nitrogens with one attached hydrogen (secondary N) is 2. The molecule has 2 atom stereocenters. The second-order valence-electron chi connectivity index (χ2n) is 9.15. The molecule has 176 valence electrons. The molecule has 5 nitrogen and oxygen atoms in total. The summed E-state index contributed by atoms with van der Waals surface area (Å²) in [6, 6.07) is 8.70. The lowest BCUT2D eigenvalue weighted by atomic mass is 9.72. The van der Waals surface area contributed by atoms with Crippen LogP contribution in [0, 0.1) is 19.8 Å². The van der Waals surface area contributed by atoms with E-state index in [1.54, 1.807) is 0 Å². The number of carbonyl (C=O) groups excluding carboxylic acids is 1. The van der Waals surface area contributed by atoms with Gasteiger partial charge in [0.2, 0.25) is 5.36 Å². The largest absolute Gasteiger partial charge is 0.466 e. The van der Waals surface area contributed by atoms with Crippen LogP contribution in [-0.2, 0) is 9.53 Å². The van der Waals surface area contributed by atoms with Crippen LogP contribution in [0.1, 0.15) is 69.1 Å². The molecule has 2 aliphatic carbocycles. The fourth-order valence-corrected chi connectivity index (χ4v) is 5.40. The molecule has 0 spiro atoms. The Hall–Kier alpha value is -2.82. The van der Waals surface area contributed by atoms with E-state index >= 15 is 0 Å². The first-order chi connectivity index (χ1) is 16.0. The summed E-state index contributed by atoms with van der Waals surface area (Å²) in [6.07, 6.45) is 4.06. The van der Waals surface area contributed by atoms with Gasteiger partial charge in [-0.15, -0.1) is 0 Å². The molecule has 0 saturated heterocycles. The first-order valence-electron chi connectivity index (χ1n) is 12.5. The second kappa shape index (κ2) is 9.98. The minimum Gasteiger partial charge on any atom is -0.466 e. The quantitative estimate of drug-likeness (QED) is 0.432. The number of anilines is 1. The topological polar surface area (TPSA) is 65.4 Å². The highest BCUT2D eigenvalue weighted by Gasteiger charge is 2.36. The van der Waals surface area contributed by atoms with Crippen molar-refractivity contribution in [2.45, 2.75) is 66.2 Å². The molecule has 2 unspecified atom stereocenters. The SMILES string of the molecule is CCNc1cc2oc3cc(=[NH+]CC)c(C)cc-3c(C3CCCCC3C(=O)OCC)c2cc1C. The van der Waals surface area contributed by atoms with Gasteiger partial charge in [-0.1, -0.05) is 12.8 Å². The van der Waals surface area contributed by atoms with E-state index in [-0.39, 0.29) is 17.8 Å². The number of esters is 1. The van der Waals surface area contributed by atoms with E-state index < -0.39 is 0 Å². The van der Waals surface area contributed by atoms with Crippen LogP contribution in [0.2, 0.25) is 0 Å². The monoisotopic (exact) mass is 449 g/mol. The second-order valence-corrected chi connectivity index (χ2v) is 9.15. The van der Waals surface area contributed by atoms with E-state index in [1.807, 2.05) is 6.92 Å². The van der Waals surface area contributed by atoms with Crippen molar-refractivity contribution in [2.24, 2.45) is 5.92 Å². The van der Waals surface area contributed by atoms with Crippen molar-refractivity contribution in [3.05, 3.63) is 46.3 Å². The Labute approximate surface area is 196 Å². The van der Waals surface area contributed by atoms with Crippen LogP contribution in [0.5, 0.6) is 0 Å². The highest BCUT2D eigenvalue weighted by Crippen LogP contribution is 2.47. The molecule has 1 fully saturated rings. The molecule has 0 bridgehead atoms. The summed E-state index contributed by atoms with van der Waals surface area (Å²) in [5.41, 5.74) is 6.66. The highest BCUT2D eigenvalue weighted by atomic mass is 16.5. The average Bonchev–Trinajstić information content (AvgIpc) is 2.80. The summed E-state index contributed by atoms with van der Waals surface area (Å²) < 4.78 is 12.0. The van der Waals surface area contributed by atoms with E-state index in [2.05, 4.69) is 62.3 Å². The molecule has 0 aromatic heterocycles. The number of ether oxygens (including phenoxy) is 1. The summed E-state index contributed by atoms with van der Waals surface area (Å²) in [5, 5.41) is 5.65. The predicted molar refractivity (Wildman–Crippen MR) is 132 cm³/mol. The van der Waals surface area contributed by atoms with Crippen LogP contribution in [0.25, 0.3) is 22.3 Å². The van der Waals surface area contributed by atoms with Gasteiger partial charge < -0.3 is 14.5 Å². The minimum absolute atomic E-state index is 0.0636. The fourth-order valence-electron chi connectivity index (χ4n) is 5.40. The molecular formula is C28H37N2O3+. The Morgan fingerprint density at radius 2 is 1.88 bits per heavy atom. The fraction of sp³-hybridized carbons (Fsp3) is 0.500. The van der Waals surface area contributed by atoms with Crippen molar-refractivity contribution in [3.63, 3.8) is 0 Å². The van der Waals surface area contributed by atoms with Gasteiger partial charge in [-0.3, -0.25) is 4.79 Å². The van der Waals surface area contributed by atoms with Gasteiger partial charge >= 0.3 is 5.97 Å². The van der Waals surface area contributed by atoms with Crippen LogP contribution < -0.4 is 15.7 Å². The Bertz CT molecular complexity index is 1190. The van der Waals surface area contributed by atoms with Crippen LogP contribution >= 0.6 is 0 Å². The third kappa shape index (κ3) is 4.50. The van der Waals surface area contributed by atoms with Crippen LogP contribution in [0.15, 0.2) is 28.7 Å². The van der Waals surface area contributed by atoms with Crippen LogP contribution in [0.3, 0.4) is 0 Å². The first-order valence-corrected chi connectivity index (χ1v) is 12.5. The highest BCUT2D eigenvalue weighted by molar-refractivity contribution is 5.92. The van der Waals surface area contributed by atoms with Crippen molar-refractivity contribution in [2.75, 3.05) is 25.0 Å². The van der Waals surface area contributed by atoms with E-state index in [4.69, 9.17) is 9.15 Å². The number of aryl methyl sites for hydroxylation is 2. The molecule has 1 aromatic carbocycles. The maximum atomic E-state index is 13.0. The van der Waals surface area contributed by atoms with E-state index in [0.29, 0.717) is 6.61 Å².